The van der Waals surface area contributed by atoms with Crippen LogP contribution in [0.1, 0.15) is 64.2 Å². The monoisotopic (exact) mass is 280 g/mol. The molecule has 1 heterocycles. The van der Waals surface area contributed by atoms with Crippen molar-refractivity contribution in [3.8, 4) is 0 Å². The van der Waals surface area contributed by atoms with Crippen molar-refractivity contribution in [3.63, 3.8) is 0 Å². The molecule has 3 nitrogen and oxygen atoms in total. The zero-order valence-corrected chi connectivity index (χ0v) is 12.8. The van der Waals surface area contributed by atoms with E-state index in [9.17, 15) is 5.11 Å². The lowest BCUT2D eigenvalue weighted by Crippen LogP contribution is -2.48. The molecular weight excluding hydrogens is 248 g/mol. The van der Waals surface area contributed by atoms with E-state index >= 15 is 0 Å². The molecule has 0 aromatic rings. The van der Waals surface area contributed by atoms with E-state index in [4.69, 9.17) is 0 Å². The summed E-state index contributed by atoms with van der Waals surface area (Å²) in [5.41, 5.74) is 0. The molecule has 0 aromatic carbocycles. The second-order valence-corrected chi connectivity index (χ2v) is 7.28. The molecule has 3 N–H and O–H groups in total. The van der Waals surface area contributed by atoms with Gasteiger partial charge in [0, 0.05) is 18.6 Å². The number of hydrogen-bond acceptors (Lipinski definition) is 3. The molecule has 0 radical (unpaired) electrons. The molecule has 2 aliphatic carbocycles. The first-order chi connectivity index (χ1) is 9.84. The molecule has 0 aromatic heterocycles. The highest BCUT2D eigenvalue weighted by atomic mass is 16.3. The Hall–Kier alpha value is -0.120. The number of rotatable bonds is 4. The van der Waals surface area contributed by atoms with Crippen LogP contribution in [0.2, 0.25) is 0 Å². The Kier molecular flexibility index (Phi) is 5.36. The first kappa shape index (κ1) is 14.8. The van der Waals surface area contributed by atoms with Gasteiger partial charge >= 0.3 is 0 Å². The van der Waals surface area contributed by atoms with Crippen molar-refractivity contribution >= 4 is 0 Å². The molecule has 2 saturated carbocycles. The number of aliphatic hydroxyl groups is 1. The lowest BCUT2D eigenvalue weighted by Gasteiger charge is -2.35. The van der Waals surface area contributed by atoms with Crippen LogP contribution in [0.3, 0.4) is 0 Å². The summed E-state index contributed by atoms with van der Waals surface area (Å²) in [6.07, 6.45) is 13.0. The van der Waals surface area contributed by atoms with E-state index in [1.165, 1.54) is 64.3 Å². The molecule has 116 valence electrons. The van der Waals surface area contributed by atoms with E-state index in [1.54, 1.807) is 0 Å². The first-order valence-corrected chi connectivity index (χ1v) is 8.99. The minimum atomic E-state index is -0.0519. The van der Waals surface area contributed by atoms with Crippen LogP contribution in [0.15, 0.2) is 0 Å². The minimum Gasteiger partial charge on any atom is -0.393 e. The summed E-state index contributed by atoms with van der Waals surface area (Å²) < 4.78 is 0. The molecule has 3 rings (SSSR count). The second kappa shape index (κ2) is 7.24. The van der Waals surface area contributed by atoms with Crippen molar-refractivity contribution in [1.82, 2.24) is 10.6 Å². The van der Waals surface area contributed by atoms with E-state index in [0.29, 0.717) is 12.0 Å². The number of nitrogens with one attached hydrogen (secondary N) is 2. The minimum absolute atomic E-state index is 0.0519. The summed E-state index contributed by atoms with van der Waals surface area (Å²) in [5.74, 6) is 1.33. The molecule has 3 heteroatoms. The van der Waals surface area contributed by atoms with Crippen molar-refractivity contribution in [2.45, 2.75) is 82.4 Å². The highest BCUT2D eigenvalue weighted by molar-refractivity contribution is 4.93. The predicted octanol–water partition coefficient (Wildman–Crippen LogP) is 2.44. The largest absolute Gasteiger partial charge is 0.393 e. The van der Waals surface area contributed by atoms with E-state index in [2.05, 4.69) is 10.6 Å². The van der Waals surface area contributed by atoms with Crippen molar-refractivity contribution < 1.29 is 5.11 Å². The Morgan fingerprint density at radius 2 is 1.75 bits per heavy atom. The van der Waals surface area contributed by atoms with Gasteiger partial charge in [-0.05, 0) is 56.9 Å². The van der Waals surface area contributed by atoms with Gasteiger partial charge in [-0.2, -0.15) is 0 Å². The Balaban J connectivity index is 1.48. The van der Waals surface area contributed by atoms with Crippen LogP contribution in [0.5, 0.6) is 0 Å². The molecule has 20 heavy (non-hydrogen) atoms. The highest BCUT2D eigenvalue weighted by Gasteiger charge is 2.34. The molecule has 0 spiro atoms. The van der Waals surface area contributed by atoms with Gasteiger partial charge in [-0.25, -0.2) is 0 Å². The Morgan fingerprint density at radius 1 is 0.900 bits per heavy atom. The maximum Gasteiger partial charge on any atom is 0.0580 e. The average molecular weight is 280 g/mol. The average Bonchev–Trinajstić information content (AvgIpc) is 2.96. The van der Waals surface area contributed by atoms with Crippen molar-refractivity contribution in [2.24, 2.45) is 11.8 Å². The zero-order valence-electron chi connectivity index (χ0n) is 12.8. The van der Waals surface area contributed by atoms with E-state index in [-0.39, 0.29) is 6.10 Å². The number of piperidine rings is 1. The molecule has 1 aliphatic heterocycles. The fraction of sp³-hybridized carbons (Fsp3) is 1.00. The maximum absolute atomic E-state index is 10.1. The van der Waals surface area contributed by atoms with Crippen LogP contribution in [-0.2, 0) is 0 Å². The third-order valence-corrected chi connectivity index (χ3v) is 5.95. The second-order valence-electron chi connectivity index (χ2n) is 7.28. The summed E-state index contributed by atoms with van der Waals surface area (Å²) in [4.78, 5) is 0. The third kappa shape index (κ3) is 3.55. The molecule has 1 saturated heterocycles. The fourth-order valence-electron chi connectivity index (χ4n) is 4.70. The molecule has 5 atom stereocenters. The van der Waals surface area contributed by atoms with Crippen LogP contribution in [0.25, 0.3) is 0 Å². The topological polar surface area (TPSA) is 44.3 Å². The van der Waals surface area contributed by atoms with Crippen LogP contribution < -0.4 is 10.6 Å². The number of hydrogen-bond donors (Lipinski definition) is 3. The van der Waals surface area contributed by atoms with Crippen LogP contribution in [0.4, 0.5) is 0 Å². The van der Waals surface area contributed by atoms with Crippen LogP contribution in [0, 0.1) is 11.8 Å². The first-order valence-electron chi connectivity index (χ1n) is 8.99. The van der Waals surface area contributed by atoms with E-state index < -0.39 is 0 Å². The van der Waals surface area contributed by atoms with Gasteiger partial charge < -0.3 is 15.7 Å². The van der Waals surface area contributed by atoms with Crippen LogP contribution in [-0.4, -0.2) is 36.4 Å². The summed E-state index contributed by atoms with van der Waals surface area (Å²) in [6.45, 7) is 2.25. The van der Waals surface area contributed by atoms with Gasteiger partial charge in [0.25, 0.3) is 0 Å². The van der Waals surface area contributed by atoms with Gasteiger partial charge in [0.05, 0.1) is 6.10 Å². The maximum atomic E-state index is 10.1. The van der Waals surface area contributed by atoms with Gasteiger partial charge in [0.1, 0.15) is 0 Å². The molecule has 3 aliphatic rings. The Labute approximate surface area is 123 Å². The summed E-state index contributed by atoms with van der Waals surface area (Å²) in [5, 5.41) is 17.7. The number of aliphatic hydroxyl groups excluding tert-OH is 1. The normalized spacial score (nSPS) is 42.8. The molecule has 5 unspecified atom stereocenters. The van der Waals surface area contributed by atoms with Crippen molar-refractivity contribution in [1.29, 1.82) is 0 Å². The van der Waals surface area contributed by atoms with Gasteiger partial charge in [-0.15, -0.1) is 0 Å². The zero-order chi connectivity index (χ0) is 13.8. The SMILES string of the molecule is OC1CCCCC1CNC1CCCC1C1CCCCN1. The standard InChI is InChI=1S/C17H32N2O/c20-17-10-2-1-6-13(17)12-19-16-9-5-7-14(16)15-8-3-4-11-18-15/h13-20H,1-12H2. The van der Waals surface area contributed by atoms with Gasteiger partial charge in [0.2, 0.25) is 0 Å². The van der Waals surface area contributed by atoms with Crippen LogP contribution >= 0.6 is 0 Å². The lowest BCUT2D eigenvalue weighted by atomic mass is 9.85. The summed E-state index contributed by atoms with van der Waals surface area (Å²) in [6, 6.07) is 1.44. The van der Waals surface area contributed by atoms with Crippen molar-refractivity contribution in [2.75, 3.05) is 13.1 Å². The Bertz CT molecular complexity index is 291. The summed E-state index contributed by atoms with van der Waals surface area (Å²) in [7, 11) is 0. The Morgan fingerprint density at radius 3 is 2.55 bits per heavy atom. The van der Waals surface area contributed by atoms with Gasteiger partial charge in [-0.3, -0.25) is 0 Å². The van der Waals surface area contributed by atoms with E-state index in [0.717, 1.165) is 24.9 Å². The lowest BCUT2D eigenvalue weighted by molar-refractivity contribution is 0.0666. The highest BCUT2D eigenvalue weighted by Crippen LogP contribution is 2.32. The smallest absolute Gasteiger partial charge is 0.0580 e. The fourth-order valence-corrected chi connectivity index (χ4v) is 4.70. The van der Waals surface area contributed by atoms with Crippen molar-refractivity contribution in [3.05, 3.63) is 0 Å². The van der Waals surface area contributed by atoms with E-state index in [1.807, 2.05) is 0 Å². The molecule has 0 amide bonds. The molecule has 3 fully saturated rings. The quantitative estimate of drug-likeness (QED) is 0.741. The summed E-state index contributed by atoms with van der Waals surface area (Å²) >= 11 is 0. The predicted molar refractivity (Wildman–Crippen MR) is 82.7 cm³/mol. The molecule has 0 bridgehead atoms. The van der Waals surface area contributed by atoms with Gasteiger partial charge in [0.15, 0.2) is 0 Å². The third-order valence-electron chi connectivity index (χ3n) is 5.95. The van der Waals surface area contributed by atoms with Gasteiger partial charge in [-0.1, -0.05) is 25.7 Å². The molecular formula is C17H32N2O.